The summed E-state index contributed by atoms with van der Waals surface area (Å²) in [6.07, 6.45) is 2.05. The molecule has 6 nitrogen and oxygen atoms in total. The van der Waals surface area contributed by atoms with Gasteiger partial charge in [-0.25, -0.2) is 4.79 Å². The molecule has 134 valence electrons. The molecule has 0 aliphatic carbocycles. The van der Waals surface area contributed by atoms with Crippen LogP contribution in [0.25, 0.3) is 0 Å². The van der Waals surface area contributed by atoms with E-state index in [1.807, 2.05) is 24.3 Å². The molecule has 2 rings (SSSR count). The minimum Gasteiger partial charge on any atom is -0.497 e. The number of methoxy groups -OCH3 is 1. The maximum absolute atomic E-state index is 12.4. The molecule has 6 heteroatoms. The highest BCUT2D eigenvalue weighted by Gasteiger charge is 2.22. The third-order valence-electron chi connectivity index (χ3n) is 4.04. The summed E-state index contributed by atoms with van der Waals surface area (Å²) in [5, 5.41) is 9.14. The first kappa shape index (κ1) is 18.6. The second-order valence-corrected chi connectivity index (χ2v) is 5.78. The summed E-state index contributed by atoms with van der Waals surface area (Å²) in [6.45, 7) is 2.34. The van der Waals surface area contributed by atoms with Gasteiger partial charge in [0.15, 0.2) is 5.76 Å². The molecule has 0 radical (unpaired) electrons. The molecule has 0 saturated carbocycles. The first-order valence-electron chi connectivity index (χ1n) is 8.20. The average Bonchev–Trinajstić information content (AvgIpc) is 3.06. The number of aromatic carboxylic acids is 1. The predicted molar refractivity (Wildman–Crippen MR) is 93.3 cm³/mol. The van der Waals surface area contributed by atoms with E-state index in [4.69, 9.17) is 14.3 Å². The summed E-state index contributed by atoms with van der Waals surface area (Å²) < 4.78 is 10.5. The number of carboxylic acid groups (broad SMARTS) is 1. The lowest BCUT2D eigenvalue weighted by Gasteiger charge is -2.15. The number of aryl methyl sites for hydroxylation is 2. The Labute approximate surface area is 147 Å². The minimum absolute atomic E-state index is 0.0532. The van der Waals surface area contributed by atoms with Crippen molar-refractivity contribution in [1.29, 1.82) is 0 Å². The van der Waals surface area contributed by atoms with E-state index < -0.39 is 5.97 Å². The number of carboxylic acids is 1. The van der Waals surface area contributed by atoms with Gasteiger partial charge in [0.05, 0.1) is 7.11 Å². The van der Waals surface area contributed by atoms with Crippen molar-refractivity contribution in [2.45, 2.75) is 26.2 Å². The van der Waals surface area contributed by atoms with E-state index in [0.717, 1.165) is 18.6 Å². The fourth-order valence-corrected chi connectivity index (χ4v) is 2.58. The maximum atomic E-state index is 12.4. The quantitative estimate of drug-likeness (QED) is 0.794. The number of ether oxygens (including phenoxy) is 1. The zero-order valence-electron chi connectivity index (χ0n) is 14.7. The van der Waals surface area contributed by atoms with Crippen LogP contribution in [-0.4, -0.2) is 42.6 Å². The maximum Gasteiger partial charge on any atom is 0.339 e. The van der Waals surface area contributed by atoms with Gasteiger partial charge in [-0.05, 0) is 30.5 Å². The fourth-order valence-electron chi connectivity index (χ4n) is 2.58. The Morgan fingerprint density at radius 1 is 1.24 bits per heavy atom. The Balaban J connectivity index is 1.92. The second-order valence-electron chi connectivity index (χ2n) is 5.78. The van der Waals surface area contributed by atoms with Gasteiger partial charge in [0.2, 0.25) is 0 Å². The lowest BCUT2D eigenvalue weighted by atomic mass is 10.1. The zero-order valence-corrected chi connectivity index (χ0v) is 14.7. The summed E-state index contributed by atoms with van der Waals surface area (Å²) in [6, 6.07) is 9.13. The van der Waals surface area contributed by atoms with Gasteiger partial charge in [-0.3, -0.25) is 4.79 Å². The largest absolute Gasteiger partial charge is 0.497 e. The van der Waals surface area contributed by atoms with Crippen LogP contribution >= 0.6 is 0 Å². The Bertz CT molecular complexity index is 733. The molecule has 1 heterocycles. The summed E-state index contributed by atoms with van der Waals surface area (Å²) in [4.78, 5) is 25.1. The van der Waals surface area contributed by atoms with E-state index in [-0.39, 0.29) is 17.2 Å². The van der Waals surface area contributed by atoms with Crippen LogP contribution in [0.2, 0.25) is 0 Å². The van der Waals surface area contributed by atoms with Crippen LogP contribution in [0, 0.1) is 0 Å². The highest BCUT2D eigenvalue weighted by molar-refractivity contribution is 5.96. The standard InChI is InChI=1S/C19H23NO5/c1-4-16-15(19(22)23)12-17(25-16)18(21)20(2)11-5-6-13-7-9-14(24-3)10-8-13/h7-10,12H,4-6,11H2,1-3H3,(H,22,23). The summed E-state index contributed by atoms with van der Waals surface area (Å²) >= 11 is 0. The first-order chi connectivity index (χ1) is 12.0. The van der Waals surface area contributed by atoms with Crippen LogP contribution in [0.15, 0.2) is 34.7 Å². The van der Waals surface area contributed by atoms with E-state index in [1.165, 1.54) is 11.6 Å². The smallest absolute Gasteiger partial charge is 0.339 e. The van der Waals surface area contributed by atoms with Crippen molar-refractivity contribution in [2.24, 2.45) is 0 Å². The van der Waals surface area contributed by atoms with Gasteiger partial charge in [-0.15, -0.1) is 0 Å². The van der Waals surface area contributed by atoms with Crippen molar-refractivity contribution >= 4 is 11.9 Å². The summed E-state index contributed by atoms with van der Waals surface area (Å²) in [5.74, 6) is -0.183. The number of nitrogens with zero attached hydrogens (tertiary/aromatic N) is 1. The van der Waals surface area contributed by atoms with Crippen molar-refractivity contribution in [2.75, 3.05) is 20.7 Å². The lowest BCUT2D eigenvalue weighted by Crippen LogP contribution is -2.27. The van der Waals surface area contributed by atoms with Crippen LogP contribution in [-0.2, 0) is 12.8 Å². The van der Waals surface area contributed by atoms with Gasteiger partial charge in [-0.1, -0.05) is 19.1 Å². The van der Waals surface area contributed by atoms with Gasteiger partial charge < -0.3 is 19.2 Å². The number of benzene rings is 1. The molecule has 1 amide bonds. The molecular formula is C19H23NO5. The number of hydrogen-bond donors (Lipinski definition) is 1. The molecule has 0 aliphatic rings. The zero-order chi connectivity index (χ0) is 18.4. The van der Waals surface area contributed by atoms with Crippen molar-refractivity contribution in [3.63, 3.8) is 0 Å². The highest BCUT2D eigenvalue weighted by Crippen LogP contribution is 2.18. The number of rotatable bonds is 8. The predicted octanol–water partition coefficient (Wildman–Crippen LogP) is 3.25. The molecule has 0 bridgehead atoms. The van der Waals surface area contributed by atoms with Crippen molar-refractivity contribution in [1.82, 2.24) is 4.90 Å². The van der Waals surface area contributed by atoms with Gasteiger partial charge in [0, 0.05) is 26.1 Å². The van der Waals surface area contributed by atoms with Crippen LogP contribution in [0.3, 0.4) is 0 Å². The molecule has 25 heavy (non-hydrogen) atoms. The molecule has 1 aromatic heterocycles. The topological polar surface area (TPSA) is 80.0 Å². The number of carbonyl (C=O) groups excluding carboxylic acids is 1. The van der Waals surface area contributed by atoms with E-state index in [2.05, 4.69) is 0 Å². The fraction of sp³-hybridized carbons (Fsp3) is 0.368. The number of hydrogen-bond acceptors (Lipinski definition) is 4. The van der Waals surface area contributed by atoms with Crippen LogP contribution in [0.1, 0.15) is 45.6 Å². The molecule has 0 spiro atoms. The molecule has 1 aromatic carbocycles. The van der Waals surface area contributed by atoms with Crippen LogP contribution < -0.4 is 4.74 Å². The van der Waals surface area contributed by atoms with Crippen molar-refractivity contribution in [3.05, 3.63) is 53.0 Å². The van der Waals surface area contributed by atoms with Gasteiger partial charge >= 0.3 is 5.97 Å². The number of furan rings is 1. The first-order valence-corrected chi connectivity index (χ1v) is 8.20. The Morgan fingerprint density at radius 3 is 2.44 bits per heavy atom. The van der Waals surface area contributed by atoms with E-state index in [1.54, 1.807) is 26.0 Å². The van der Waals surface area contributed by atoms with Crippen molar-refractivity contribution in [3.8, 4) is 5.75 Å². The number of carbonyl (C=O) groups is 2. The van der Waals surface area contributed by atoms with E-state index in [9.17, 15) is 9.59 Å². The van der Waals surface area contributed by atoms with Crippen LogP contribution in [0.5, 0.6) is 5.75 Å². The lowest BCUT2D eigenvalue weighted by molar-refractivity contribution is 0.0693. The van der Waals surface area contributed by atoms with E-state index >= 15 is 0 Å². The normalized spacial score (nSPS) is 10.5. The minimum atomic E-state index is -1.08. The Morgan fingerprint density at radius 2 is 1.92 bits per heavy atom. The van der Waals surface area contributed by atoms with Crippen LogP contribution in [0.4, 0.5) is 0 Å². The third kappa shape index (κ3) is 4.62. The molecule has 0 unspecified atom stereocenters. The SMILES string of the molecule is CCc1oc(C(=O)N(C)CCCc2ccc(OC)cc2)cc1C(=O)O. The molecule has 0 atom stereocenters. The molecule has 0 fully saturated rings. The average molecular weight is 345 g/mol. The Hall–Kier alpha value is -2.76. The summed E-state index contributed by atoms with van der Waals surface area (Å²) in [5.41, 5.74) is 1.22. The molecular weight excluding hydrogens is 322 g/mol. The second kappa shape index (κ2) is 8.37. The van der Waals surface area contributed by atoms with E-state index in [0.29, 0.717) is 18.7 Å². The van der Waals surface area contributed by atoms with Gasteiger partial charge in [0.25, 0.3) is 5.91 Å². The molecule has 0 aliphatic heterocycles. The van der Waals surface area contributed by atoms with Crippen molar-refractivity contribution < 1.29 is 23.8 Å². The van der Waals surface area contributed by atoms with Gasteiger partial charge in [0.1, 0.15) is 17.1 Å². The monoisotopic (exact) mass is 345 g/mol. The third-order valence-corrected chi connectivity index (χ3v) is 4.04. The molecule has 0 saturated heterocycles. The molecule has 1 N–H and O–H groups in total. The number of amides is 1. The van der Waals surface area contributed by atoms with Gasteiger partial charge in [-0.2, -0.15) is 0 Å². The molecule has 2 aromatic rings. The Kier molecular flexibility index (Phi) is 6.22. The highest BCUT2D eigenvalue weighted by atomic mass is 16.5. The summed E-state index contributed by atoms with van der Waals surface area (Å²) in [7, 11) is 3.31.